The molecule has 0 aliphatic carbocycles. The van der Waals surface area contributed by atoms with Gasteiger partial charge in [0, 0.05) is 55.2 Å². The number of fused-ring (bicyclic) bond motifs is 9. The predicted molar refractivity (Wildman–Crippen MR) is 199 cm³/mol. The molecule has 1 radical (unpaired) electrons. The number of allylic oxidation sites excluding steroid dienone is 2. The standard InChI is InChI=1S/C29H23F3N3.C13H24O2.Ir/c1-16-9-17(14-28(2,3)4)10-23-25(16)34-27-22-12-19-8-6-5-7-18(19)11-21(22)26-24(35(23)27)13-20(15-33-26)29(30,31)32;1-5-10(6-2)12(14)9-13(15)11(7-3)8-4;/h5-10,12-13,15H,14H2,1-4H3;9-11,14H,5-8H2,1-4H3;/q-1;;/b;12-9-;. The van der Waals surface area contributed by atoms with Gasteiger partial charge in [-0.3, -0.25) is 9.78 Å². The Hall–Kier alpha value is -3.81. The number of benzene rings is 3. The number of aromatic nitrogens is 3. The van der Waals surface area contributed by atoms with Crippen LogP contribution in [0.5, 0.6) is 0 Å². The van der Waals surface area contributed by atoms with E-state index >= 15 is 0 Å². The van der Waals surface area contributed by atoms with E-state index in [1.807, 2.05) is 69.4 Å². The van der Waals surface area contributed by atoms with Crippen molar-refractivity contribution in [2.75, 3.05) is 0 Å². The fraction of sp³-hybridized carbons (Fsp3) is 0.405. The molecule has 0 saturated carbocycles. The zero-order valence-corrected chi connectivity index (χ0v) is 33.0. The number of rotatable bonds is 8. The van der Waals surface area contributed by atoms with E-state index in [0.29, 0.717) is 22.1 Å². The van der Waals surface area contributed by atoms with E-state index in [-0.39, 0.29) is 48.9 Å². The molecule has 3 heterocycles. The Kier molecular flexibility index (Phi) is 12.4. The van der Waals surface area contributed by atoms with Crippen molar-refractivity contribution in [2.45, 2.75) is 93.7 Å². The van der Waals surface area contributed by atoms with Gasteiger partial charge in [0.2, 0.25) is 0 Å². The number of hydrogen-bond acceptors (Lipinski definition) is 4. The molecule has 0 amide bonds. The fourth-order valence-corrected chi connectivity index (χ4v) is 6.84. The number of carbonyl (C=O) groups is 1. The van der Waals surface area contributed by atoms with E-state index in [0.717, 1.165) is 76.6 Å². The SMILES string of the molecule is CCC(CC)C(=O)/C=C(\O)C(CC)CC.Cc1cc(CC(C)(C)C)cc2c1nc1c3cc4ccccc4[c-]c3c3ncc(C(F)(F)F)cc3n21.[Ir]. The van der Waals surface area contributed by atoms with E-state index in [4.69, 9.17) is 4.98 Å². The van der Waals surface area contributed by atoms with E-state index in [2.05, 4.69) is 44.0 Å². The van der Waals surface area contributed by atoms with Gasteiger partial charge in [-0.25, -0.2) is 4.98 Å². The van der Waals surface area contributed by atoms with E-state index in [1.54, 1.807) is 0 Å². The maximum absolute atomic E-state index is 13.7. The molecule has 0 unspecified atom stereocenters. The molecule has 0 saturated heterocycles. The number of carbonyl (C=O) groups excluding carboxylic acids is 1. The van der Waals surface area contributed by atoms with Gasteiger partial charge < -0.3 is 9.51 Å². The van der Waals surface area contributed by atoms with Crippen molar-refractivity contribution < 1.29 is 43.2 Å². The number of alkyl halides is 3. The number of imidazole rings is 1. The summed E-state index contributed by atoms with van der Waals surface area (Å²) in [6, 6.07) is 18.6. The quantitative estimate of drug-likeness (QED) is 0.0544. The van der Waals surface area contributed by atoms with Crippen LogP contribution in [0.4, 0.5) is 13.2 Å². The number of hydrogen-bond donors (Lipinski definition) is 1. The molecule has 51 heavy (non-hydrogen) atoms. The Morgan fingerprint density at radius 1 is 0.922 bits per heavy atom. The molecule has 273 valence electrons. The van der Waals surface area contributed by atoms with Crippen molar-refractivity contribution in [1.29, 1.82) is 0 Å². The fourth-order valence-electron chi connectivity index (χ4n) is 6.84. The van der Waals surface area contributed by atoms with Gasteiger partial charge >= 0.3 is 6.18 Å². The molecule has 0 atom stereocenters. The zero-order chi connectivity index (χ0) is 36.5. The van der Waals surface area contributed by atoms with Gasteiger partial charge in [0.15, 0.2) is 5.78 Å². The second-order valence-corrected chi connectivity index (χ2v) is 14.5. The maximum atomic E-state index is 13.7. The van der Waals surface area contributed by atoms with Crippen molar-refractivity contribution in [1.82, 2.24) is 14.4 Å². The van der Waals surface area contributed by atoms with Crippen molar-refractivity contribution in [3.05, 3.63) is 89.3 Å². The van der Waals surface area contributed by atoms with Gasteiger partial charge in [-0.05, 0) is 73.1 Å². The Morgan fingerprint density at radius 2 is 1.55 bits per heavy atom. The normalized spacial score (nSPS) is 12.7. The Balaban J connectivity index is 0.000000312. The molecule has 6 aromatic rings. The van der Waals surface area contributed by atoms with Crippen LogP contribution in [0.3, 0.4) is 0 Å². The number of aliphatic hydroxyl groups excluding tert-OH is 1. The summed E-state index contributed by atoms with van der Waals surface area (Å²) >= 11 is 0. The van der Waals surface area contributed by atoms with Crippen molar-refractivity contribution in [3.8, 4) is 0 Å². The Labute approximate surface area is 311 Å². The summed E-state index contributed by atoms with van der Waals surface area (Å²) in [6.07, 6.45) is 2.15. The second-order valence-electron chi connectivity index (χ2n) is 14.5. The first-order valence-electron chi connectivity index (χ1n) is 17.6. The molecule has 0 aliphatic rings. The van der Waals surface area contributed by atoms with Crippen LogP contribution in [0.25, 0.3) is 49.3 Å². The van der Waals surface area contributed by atoms with Gasteiger partial charge in [-0.2, -0.15) is 13.2 Å². The van der Waals surface area contributed by atoms with Crippen molar-refractivity contribution in [3.63, 3.8) is 0 Å². The minimum absolute atomic E-state index is 0. The number of pyridine rings is 2. The predicted octanol–water partition coefficient (Wildman–Crippen LogP) is 11.9. The van der Waals surface area contributed by atoms with E-state index < -0.39 is 11.7 Å². The second kappa shape index (κ2) is 15.8. The third-order valence-corrected chi connectivity index (χ3v) is 9.53. The minimum atomic E-state index is -4.50. The molecule has 0 spiro atoms. The van der Waals surface area contributed by atoms with Gasteiger partial charge in [0.25, 0.3) is 0 Å². The van der Waals surface area contributed by atoms with Crippen LogP contribution < -0.4 is 0 Å². The van der Waals surface area contributed by atoms with Gasteiger partial charge in [-0.1, -0.05) is 83.5 Å². The molecular weight excluding hydrogens is 828 g/mol. The summed E-state index contributed by atoms with van der Waals surface area (Å²) in [6.45, 7) is 16.6. The Morgan fingerprint density at radius 3 is 2.16 bits per heavy atom. The number of aryl methyl sites for hydroxylation is 1. The van der Waals surface area contributed by atoms with Crippen LogP contribution in [0.1, 0.15) is 90.8 Å². The molecule has 3 aromatic heterocycles. The molecule has 5 nitrogen and oxygen atoms in total. The number of aliphatic hydroxyl groups is 1. The van der Waals surface area contributed by atoms with Gasteiger partial charge in [-0.15, -0.1) is 23.6 Å². The summed E-state index contributed by atoms with van der Waals surface area (Å²) in [5.74, 6) is 0.547. The van der Waals surface area contributed by atoms with E-state index in [1.165, 1.54) is 12.1 Å². The maximum Gasteiger partial charge on any atom is 0.417 e. The summed E-state index contributed by atoms with van der Waals surface area (Å²) < 4.78 is 43.0. The van der Waals surface area contributed by atoms with Gasteiger partial charge in [0.05, 0.1) is 22.4 Å². The first-order valence-corrected chi connectivity index (χ1v) is 17.6. The molecule has 0 fully saturated rings. The molecule has 6 rings (SSSR count). The van der Waals surface area contributed by atoms with Crippen molar-refractivity contribution >= 4 is 55.0 Å². The Bertz CT molecular complexity index is 2220. The monoisotopic (exact) mass is 875 g/mol. The number of halogens is 3. The van der Waals surface area contributed by atoms with Crippen LogP contribution in [0, 0.1) is 30.2 Å². The van der Waals surface area contributed by atoms with Crippen LogP contribution >= 0.6 is 0 Å². The average molecular weight is 875 g/mol. The zero-order valence-electron chi connectivity index (χ0n) is 30.6. The third-order valence-electron chi connectivity index (χ3n) is 9.53. The first kappa shape index (κ1) is 40.0. The molecule has 0 bridgehead atoms. The minimum Gasteiger partial charge on any atom is -0.512 e. The summed E-state index contributed by atoms with van der Waals surface area (Å²) in [5.41, 5.74) is 4.45. The number of nitrogens with zero attached hydrogens (tertiary/aromatic N) is 3. The smallest absolute Gasteiger partial charge is 0.417 e. The topological polar surface area (TPSA) is 67.5 Å². The molecular formula is C42H47F3IrN3O2-. The summed E-state index contributed by atoms with van der Waals surface area (Å²) in [5, 5.41) is 13.1. The van der Waals surface area contributed by atoms with Crippen LogP contribution in [0.2, 0.25) is 0 Å². The van der Waals surface area contributed by atoms with Crippen LogP contribution in [-0.2, 0) is 37.5 Å². The van der Waals surface area contributed by atoms with Crippen molar-refractivity contribution in [2.24, 2.45) is 17.3 Å². The largest absolute Gasteiger partial charge is 0.512 e. The van der Waals surface area contributed by atoms with E-state index in [9.17, 15) is 23.1 Å². The molecule has 9 heteroatoms. The molecule has 3 aromatic carbocycles. The summed E-state index contributed by atoms with van der Waals surface area (Å²) in [4.78, 5) is 21.0. The van der Waals surface area contributed by atoms with Crippen LogP contribution in [-0.4, -0.2) is 25.3 Å². The third kappa shape index (κ3) is 8.47. The number of ketones is 1. The van der Waals surface area contributed by atoms with Crippen LogP contribution in [0.15, 0.2) is 66.6 Å². The first-order chi connectivity index (χ1) is 23.6. The molecule has 0 aliphatic heterocycles. The summed E-state index contributed by atoms with van der Waals surface area (Å²) in [7, 11) is 0. The van der Waals surface area contributed by atoms with Gasteiger partial charge in [0.1, 0.15) is 5.65 Å². The molecule has 1 N–H and O–H groups in total. The average Bonchev–Trinajstić information content (AvgIpc) is 3.44.